The summed E-state index contributed by atoms with van der Waals surface area (Å²) in [7, 11) is 0. The number of benzene rings is 1. The molecule has 0 aromatic heterocycles. The van der Waals surface area contributed by atoms with Gasteiger partial charge in [0.05, 0.1) is 5.69 Å². The molecule has 3 nitrogen and oxygen atoms in total. The molecule has 0 radical (unpaired) electrons. The van der Waals surface area contributed by atoms with Gasteiger partial charge >= 0.3 is 0 Å². The second-order valence-corrected chi connectivity index (χ2v) is 5.09. The molecule has 1 aromatic carbocycles. The summed E-state index contributed by atoms with van der Waals surface area (Å²) in [6, 6.07) is 8.12. The number of amides is 1. The van der Waals surface area contributed by atoms with Crippen LogP contribution in [0.1, 0.15) is 19.8 Å². The minimum absolute atomic E-state index is 0.288. The van der Waals surface area contributed by atoms with Gasteiger partial charge < -0.3 is 9.80 Å². The van der Waals surface area contributed by atoms with Crippen LogP contribution in [0.25, 0.3) is 0 Å². The topological polar surface area (TPSA) is 23.6 Å². The standard InChI is InChI=1S/C14H20N2OS/c1-2-5-14(17)16-10-8-15(9-11-16)12-6-3-4-7-13(12)18/h3-4,6-7,18H,2,5,8-11H2,1H3. The molecule has 0 saturated carbocycles. The second-order valence-electron chi connectivity index (χ2n) is 4.61. The maximum Gasteiger partial charge on any atom is 0.222 e. The number of anilines is 1. The number of hydrogen-bond donors (Lipinski definition) is 1. The van der Waals surface area contributed by atoms with E-state index in [1.807, 2.05) is 30.0 Å². The summed E-state index contributed by atoms with van der Waals surface area (Å²) in [5, 5.41) is 0. The highest BCUT2D eigenvalue weighted by molar-refractivity contribution is 7.80. The molecule has 1 amide bonds. The summed E-state index contributed by atoms with van der Waals surface area (Å²) >= 11 is 4.48. The Morgan fingerprint density at radius 3 is 2.50 bits per heavy atom. The van der Waals surface area contributed by atoms with Crippen molar-refractivity contribution in [1.82, 2.24) is 4.90 Å². The third kappa shape index (κ3) is 2.99. The molecule has 0 atom stereocenters. The van der Waals surface area contributed by atoms with Crippen LogP contribution in [0.3, 0.4) is 0 Å². The van der Waals surface area contributed by atoms with Gasteiger partial charge in [-0.1, -0.05) is 19.1 Å². The minimum Gasteiger partial charge on any atom is -0.367 e. The molecule has 18 heavy (non-hydrogen) atoms. The smallest absolute Gasteiger partial charge is 0.222 e. The lowest BCUT2D eigenvalue weighted by Crippen LogP contribution is -2.48. The number of carbonyl (C=O) groups is 1. The monoisotopic (exact) mass is 264 g/mol. The van der Waals surface area contributed by atoms with Gasteiger partial charge in [0.15, 0.2) is 0 Å². The van der Waals surface area contributed by atoms with E-state index in [1.54, 1.807) is 0 Å². The highest BCUT2D eigenvalue weighted by Gasteiger charge is 2.21. The van der Waals surface area contributed by atoms with Gasteiger partial charge in [0.2, 0.25) is 5.91 Å². The van der Waals surface area contributed by atoms with E-state index < -0.39 is 0 Å². The average molecular weight is 264 g/mol. The highest BCUT2D eigenvalue weighted by Crippen LogP contribution is 2.24. The zero-order valence-electron chi connectivity index (χ0n) is 10.8. The van der Waals surface area contributed by atoms with Crippen LogP contribution in [0.2, 0.25) is 0 Å². The summed E-state index contributed by atoms with van der Waals surface area (Å²) in [6.45, 7) is 5.48. The number of para-hydroxylation sites is 1. The first-order chi connectivity index (χ1) is 8.72. The van der Waals surface area contributed by atoms with Gasteiger partial charge in [-0.15, -0.1) is 12.6 Å². The van der Waals surface area contributed by atoms with Crippen molar-refractivity contribution in [3.05, 3.63) is 24.3 Å². The van der Waals surface area contributed by atoms with Crippen molar-refractivity contribution >= 4 is 24.2 Å². The van der Waals surface area contributed by atoms with Crippen molar-refractivity contribution in [2.24, 2.45) is 0 Å². The predicted molar refractivity (Wildman–Crippen MR) is 77.4 cm³/mol. The van der Waals surface area contributed by atoms with Gasteiger partial charge in [-0.25, -0.2) is 0 Å². The molecular weight excluding hydrogens is 244 g/mol. The number of thiol groups is 1. The van der Waals surface area contributed by atoms with Gasteiger partial charge in [-0.2, -0.15) is 0 Å². The number of nitrogens with zero attached hydrogens (tertiary/aromatic N) is 2. The van der Waals surface area contributed by atoms with Gasteiger partial charge in [-0.3, -0.25) is 4.79 Å². The Kier molecular flexibility index (Phi) is 4.53. The van der Waals surface area contributed by atoms with E-state index >= 15 is 0 Å². The summed E-state index contributed by atoms with van der Waals surface area (Å²) in [5.41, 5.74) is 1.17. The lowest BCUT2D eigenvalue weighted by molar-refractivity contribution is -0.131. The van der Waals surface area contributed by atoms with Crippen LogP contribution in [0.5, 0.6) is 0 Å². The summed E-state index contributed by atoms with van der Waals surface area (Å²) in [5.74, 6) is 0.288. The molecule has 1 heterocycles. The Morgan fingerprint density at radius 1 is 1.22 bits per heavy atom. The number of rotatable bonds is 3. The summed E-state index contributed by atoms with van der Waals surface area (Å²) in [6.07, 6.45) is 1.60. The Bertz CT molecular complexity index is 414. The van der Waals surface area contributed by atoms with Crippen LogP contribution in [0, 0.1) is 0 Å². The number of piperazine rings is 1. The Hall–Kier alpha value is -1.16. The molecule has 1 aliphatic rings. The molecule has 0 N–H and O–H groups in total. The molecule has 98 valence electrons. The third-order valence-corrected chi connectivity index (χ3v) is 3.70. The molecule has 4 heteroatoms. The second kappa shape index (κ2) is 6.14. The lowest BCUT2D eigenvalue weighted by Gasteiger charge is -2.36. The van der Waals surface area contributed by atoms with E-state index in [0.717, 1.165) is 37.5 Å². The number of hydrogen-bond acceptors (Lipinski definition) is 3. The molecule has 2 rings (SSSR count). The molecule has 0 aliphatic carbocycles. The first-order valence-electron chi connectivity index (χ1n) is 6.53. The van der Waals surface area contributed by atoms with Crippen LogP contribution < -0.4 is 4.90 Å². The van der Waals surface area contributed by atoms with Gasteiger partial charge in [0, 0.05) is 37.5 Å². The fourth-order valence-electron chi connectivity index (χ4n) is 2.30. The molecular formula is C14H20N2OS. The largest absolute Gasteiger partial charge is 0.367 e. The van der Waals surface area contributed by atoms with E-state index in [4.69, 9.17) is 0 Å². The van der Waals surface area contributed by atoms with E-state index in [-0.39, 0.29) is 5.91 Å². The molecule has 1 aromatic rings. The maximum atomic E-state index is 11.8. The quantitative estimate of drug-likeness (QED) is 0.848. The normalized spacial score (nSPS) is 15.9. The molecule has 1 aliphatic heterocycles. The summed E-state index contributed by atoms with van der Waals surface area (Å²) in [4.78, 5) is 17.1. The Labute approximate surface area is 114 Å². The van der Waals surface area contributed by atoms with Gasteiger partial charge in [-0.05, 0) is 18.6 Å². The van der Waals surface area contributed by atoms with E-state index in [2.05, 4.69) is 23.6 Å². The molecule has 0 bridgehead atoms. The van der Waals surface area contributed by atoms with Crippen LogP contribution >= 0.6 is 12.6 Å². The molecule has 0 spiro atoms. The fraction of sp³-hybridized carbons (Fsp3) is 0.500. The van der Waals surface area contributed by atoms with Crippen LogP contribution in [0.4, 0.5) is 5.69 Å². The molecule has 1 fully saturated rings. The van der Waals surface area contributed by atoms with Gasteiger partial charge in [0.25, 0.3) is 0 Å². The molecule has 1 saturated heterocycles. The van der Waals surface area contributed by atoms with Crippen molar-refractivity contribution in [2.45, 2.75) is 24.7 Å². The highest BCUT2D eigenvalue weighted by atomic mass is 32.1. The predicted octanol–water partition coefficient (Wildman–Crippen LogP) is 2.42. The summed E-state index contributed by atoms with van der Waals surface area (Å²) < 4.78 is 0. The average Bonchev–Trinajstić information content (AvgIpc) is 2.40. The van der Waals surface area contributed by atoms with E-state index in [1.165, 1.54) is 5.69 Å². The molecule has 0 unspecified atom stereocenters. The van der Waals surface area contributed by atoms with E-state index in [0.29, 0.717) is 6.42 Å². The van der Waals surface area contributed by atoms with E-state index in [9.17, 15) is 4.79 Å². The SMILES string of the molecule is CCCC(=O)N1CCN(c2ccccc2S)CC1. The third-order valence-electron chi connectivity index (χ3n) is 3.32. The zero-order valence-corrected chi connectivity index (χ0v) is 11.7. The fourth-order valence-corrected chi connectivity index (χ4v) is 2.60. The van der Waals surface area contributed by atoms with Crippen LogP contribution in [0.15, 0.2) is 29.2 Å². The van der Waals surface area contributed by atoms with Crippen molar-refractivity contribution in [2.75, 3.05) is 31.1 Å². The van der Waals surface area contributed by atoms with Gasteiger partial charge in [0.1, 0.15) is 0 Å². The van der Waals surface area contributed by atoms with Crippen molar-refractivity contribution in [3.8, 4) is 0 Å². The first kappa shape index (κ1) is 13.3. The lowest BCUT2D eigenvalue weighted by atomic mass is 10.2. The van der Waals surface area contributed by atoms with Crippen molar-refractivity contribution < 1.29 is 4.79 Å². The zero-order chi connectivity index (χ0) is 13.0. The van der Waals surface area contributed by atoms with Crippen molar-refractivity contribution in [1.29, 1.82) is 0 Å². The van der Waals surface area contributed by atoms with Crippen LogP contribution in [-0.2, 0) is 4.79 Å². The Balaban J connectivity index is 1.95. The van der Waals surface area contributed by atoms with Crippen molar-refractivity contribution in [3.63, 3.8) is 0 Å². The minimum atomic E-state index is 0.288. The Morgan fingerprint density at radius 2 is 1.89 bits per heavy atom. The van der Waals surface area contributed by atoms with Crippen LogP contribution in [-0.4, -0.2) is 37.0 Å². The maximum absolute atomic E-state index is 11.8. The number of carbonyl (C=O) groups excluding carboxylic acids is 1. The first-order valence-corrected chi connectivity index (χ1v) is 6.98.